The summed E-state index contributed by atoms with van der Waals surface area (Å²) in [6, 6.07) is 11.4. The summed E-state index contributed by atoms with van der Waals surface area (Å²) in [5.74, 6) is 0.0320. The number of carbonyl (C=O) groups excluding carboxylic acids is 1. The van der Waals surface area contributed by atoms with E-state index in [4.69, 9.17) is 11.6 Å². The summed E-state index contributed by atoms with van der Waals surface area (Å²) >= 11 is 9.56. The first-order chi connectivity index (χ1) is 8.58. The lowest BCUT2D eigenvalue weighted by Gasteiger charge is -2.17. The van der Waals surface area contributed by atoms with Crippen LogP contribution in [0.2, 0.25) is 4.34 Å². The van der Waals surface area contributed by atoms with Crippen molar-refractivity contribution < 1.29 is 4.79 Å². The van der Waals surface area contributed by atoms with Gasteiger partial charge in [0, 0.05) is 15.5 Å². The molecule has 0 fully saturated rings. The van der Waals surface area contributed by atoms with Crippen LogP contribution in [0.15, 0.2) is 36.4 Å². The van der Waals surface area contributed by atoms with Crippen LogP contribution in [0.5, 0.6) is 0 Å². The maximum Gasteiger partial charge on any atom is 0.254 e. The number of rotatable bonds is 3. The first-order valence-electron chi connectivity index (χ1n) is 5.32. The molecule has 0 aliphatic carbocycles. The number of carbonyl (C=O) groups is 1. The third-order valence-electron chi connectivity index (χ3n) is 2.47. The lowest BCUT2D eigenvalue weighted by molar-refractivity contribution is 0.0785. The molecule has 0 unspecified atom stereocenters. The van der Waals surface area contributed by atoms with Crippen molar-refractivity contribution in [3.8, 4) is 0 Å². The van der Waals surface area contributed by atoms with E-state index in [2.05, 4.69) is 22.6 Å². The van der Waals surface area contributed by atoms with Crippen LogP contribution in [0.3, 0.4) is 0 Å². The van der Waals surface area contributed by atoms with Crippen LogP contribution in [0, 0.1) is 3.57 Å². The van der Waals surface area contributed by atoms with Gasteiger partial charge in [0.25, 0.3) is 5.91 Å². The third kappa shape index (κ3) is 3.24. The van der Waals surface area contributed by atoms with E-state index >= 15 is 0 Å². The molecule has 1 heterocycles. The van der Waals surface area contributed by atoms with Crippen LogP contribution in [-0.2, 0) is 6.54 Å². The fourth-order valence-corrected chi connectivity index (χ4v) is 3.34. The zero-order valence-electron chi connectivity index (χ0n) is 9.69. The second kappa shape index (κ2) is 6.04. The third-order valence-corrected chi connectivity index (χ3v) is 4.63. The van der Waals surface area contributed by atoms with Crippen LogP contribution < -0.4 is 0 Å². The lowest BCUT2D eigenvalue weighted by atomic mass is 10.2. The Hall–Kier alpha value is -0.590. The molecule has 0 aliphatic rings. The summed E-state index contributed by atoms with van der Waals surface area (Å²) in [5.41, 5.74) is 0.739. The Kier molecular flexibility index (Phi) is 4.64. The maximum absolute atomic E-state index is 12.3. The zero-order chi connectivity index (χ0) is 13.1. The Morgan fingerprint density at radius 1 is 1.33 bits per heavy atom. The molecule has 18 heavy (non-hydrogen) atoms. The summed E-state index contributed by atoms with van der Waals surface area (Å²) < 4.78 is 1.72. The molecule has 0 bridgehead atoms. The van der Waals surface area contributed by atoms with E-state index in [-0.39, 0.29) is 5.91 Å². The van der Waals surface area contributed by atoms with Crippen molar-refractivity contribution in [1.29, 1.82) is 0 Å². The minimum absolute atomic E-state index is 0.0320. The van der Waals surface area contributed by atoms with Crippen molar-refractivity contribution in [3.63, 3.8) is 0 Å². The zero-order valence-corrected chi connectivity index (χ0v) is 13.4. The standard InChI is InChI=1S/C13H11ClINOS/c1-16(8-9-6-7-12(14)18-9)13(17)10-4-2-3-5-11(10)15/h2-7H,8H2,1H3. The van der Waals surface area contributed by atoms with E-state index in [1.807, 2.05) is 36.4 Å². The number of hydrogen-bond donors (Lipinski definition) is 0. The Balaban J connectivity index is 2.12. The normalized spacial score (nSPS) is 10.4. The number of halogens is 2. The summed E-state index contributed by atoms with van der Waals surface area (Å²) in [6.45, 7) is 0.585. The first kappa shape index (κ1) is 13.8. The van der Waals surface area contributed by atoms with Crippen LogP contribution in [0.25, 0.3) is 0 Å². The van der Waals surface area contributed by atoms with Gasteiger partial charge < -0.3 is 4.90 Å². The van der Waals surface area contributed by atoms with Crippen LogP contribution >= 0.6 is 45.5 Å². The van der Waals surface area contributed by atoms with E-state index < -0.39 is 0 Å². The number of benzene rings is 1. The highest BCUT2D eigenvalue weighted by Crippen LogP contribution is 2.23. The fourth-order valence-electron chi connectivity index (χ4n) is 1.58. The first-order valence-corrected chi connectivity index (χ1v) is 7.59. The topological polar surface area (TPSA) is 20.3 Å². The largest absolute Gasteiger partial charge is 0.337 e. The quantitative estimate of drug-likeness (QED) is 0.715. The van der Waals surface area contributed by atoms with Crippen molar-refractivity contribution in [1.82, 2.24) is 4.90 Å². The van der Waals surface area contributed by atoms with Crippen LogP contribution in [0.4, 0.5) is 0 Å². The maximum atomic E-state index is 12.3. The lowest BCUT2D eigenvalue weighted by Crippen LogP contribution is -2.26. The van der Waals surface area contributed by atoms with E-state index in [1.54, 1.807) is 11.9 Å². The summed E-state index contributed by atoms with van der Waals surface area (Å²) in [4.78, 5) is 15.1. The predicted octanol–water partition coefficient (Wildman–Crippen LogP) is 4.28. The van der Waals surface area contributed by atoms with Crippen molar-refractivity contribution in [2.45, 2.75) is 6.54 Å². The van der Waals surface area contributed by atoms with E-state index in [0.29, 0.717) is 6.54 Å². The van der Waals surface area contributed by atoms with Gasteiger partial charge in [-0.25, -0.2) is 0 Å². The van der Waals surface area contributed by atoms with Gasteiger partial charge in [0.05, 0.1) is 16.4 Å². The number of amides is 1. The highest BCUT2D eigenvalue weighted by Gasteiger charge is 2.15. The molecule has 1 aromatic carbocycles. The van der Waals surface area contributed by atoms with Crippen molar-refractivity contribution in [2.24, 2.45) is 0 Å². The average Bonchev–Trinajstić information content (AvgIpc) is 2.74. The molecule has 1 amide bonds. The Morgan fingerprint density at radius 2 is 2.06 bits per heavy atom. The van der Waals surface area contributed by atoms with Gasteiger partial charge in [-0.3, -0.25) is 4.79 Å². The van der Waals surface area contributed by atoms with Gasteiger partial charge in [0.2, 0.25) is 0 Å². The highest BCUT2D eigenvalue weighted by atomic mass is 127. The molecular weight excluding hydrogens is 381 g/mol. The molecule has 5 heteroatoms. The molecule has 0 saturated heterocycles. The number of hydrogen-bond acceptors (Lipinski definition) is 2. The predicted molar refractivity (Wildman–Crippen MR) is 84.3 cm³/mol. The van der Waals surface area contributed by atoms with Crippen LogP contribution in [0.1, 0.15) is 15.2 Å². The van der Waals surface area contributed by atoms with Gasteiger partial charge in [-0.1, -0.05) is 23.7 Å². The van der Waals surface area contributed by atoms with Gasteiger partial charge in [-0.05, 0) is 46.9 Å². The van der Waals surface area contributed by atoms with E-state index in [1.165, 1.54) is 11.3 Å². The minimum atomic E-state index is 0.0320. The van der Waals surface area contributed by atoms with Crippen molar-refractivity contribution >= 4 is 51.4 Å². The van der Waals surface area contributed by atoms with Gasteiger partial charge in [0.15, 0.2) is 0 Å². The Labute approximate surface area is 129 Å². The molecule has 0 radical (unpaired) electrons. The van der Waals surface area contributed by atoms with E-state index in [0.717, 1.165) is 18.3 Å². The van der Waals surface area contributed by atoms with Crippen molar-refractivity contribution in [3.05, 3.63) is 54.7 Å². The summed E-state index contributed by atoms with van der Waals surface area (Å²) in [6.07, 6.45) is 0. The summed E-state index contributed by atoms with van der Waals surface area (Å²) in [7, 11) is 1.80. The molecule has 0 atom stereocenters. The van der Waals surface area contributed by atoms with Gasteiger partial charge in [0.1, 0.15) is 0 Å². The Bertz CT molecular complexity index is 570. The second-order valence-electron chi connectivity index (χ2n) is 3.85. The molecule has 0 spiro atoms. The molecule has 94 valence electrons. The SMILES string of the molecule is CN(Cc1ccc(Cl)s1)C(=O)c1ccccc1I. The summed E-state index contributed by atoms with van der Waals surface area (Å²) in [5, 5.41) is 0. The Morgan fingerprint density at radius 3 is 2.67 bits per heavy atom. The molecule has 2 aromatic rings. The van der Waals surface area contributed by atoms with Gasteiger partial charge >= 0.3 is 0 Å². The fraction of sp³-hybridized carbons (Fsp3) is 0.154. The molecular formula is C13H11ClINOS. The smallest absolute Gasteiger partial charge is 0.254 e. The minimum Gasteiger partial charge on any atom is -0.337 e. The molecule has 0 saturated carbocycles. The molecule has 0 aliphatic heterocycles. The molecule has 2 nitrogen and oxygen atoms in total. The number of nitrogens with zero attached hydrogens (tertiary/aromatic N) is 1. The van der Waals surface area contributed by atoms with Gasteiger partial charge in [-0.15, -0.1) is 11.3 Å². The average molecular weight is 392 g/mol. The van der Waals surface area contributed by atoms with Gasteiger partial charge in [-0.2, -0.15) is 0 Å². The van der Waals surface area contributed by atoms with Crippen LogP contribution in [-0.4, -0.2) is 17.9 Å². The molecule has 0 N–H and O–H groups in total. The van der Waals surface area contributed by atoms with E-state index in [9.17, 15) is 4.79 Å². The highest BCUT2D eigenvalue weighted by molar-refractivity contribution is 14.1. The molecule has 1 aromatic heterocycles. The number of thiophene rings is 1. The second-order valence-corrected chi connectivity index (χ2v) is 6.81. The molecule has 2 rings (SSSR count). The monoisotopic (exact) mass is 391 g/mol. The van der Waals surface area contributed by atoms with Crippen molar-refractivity contribution in [2.75, 3.05) is 7.05 Å².